The molecule has 43 heavy (non-hydrogen) atoms. The molecule has 13 heteroatoms. The second kappa shape index (κ2) is 12.5. The number of imidazole rings is 1. The molecule has 4 heterocycles. The average molecular weight is 615 g/mol. The quantitative estimate of drug-likeness (QED) is 0.285. The fourth-order valence-corrected chi connectivity index (χ4v) is 5.88. The molecule has 230 valence electrons. The lowest BCUT2D eigenvalue weighted by Crippen LogP contribution is -2.57. The number of fused-ring (bicyclic) bond motifs is 1. The minimum absolute atomic E-state index is 0.0444. The number of pyridine rings is 1. The Bertz CT molecular complexity index is 1680. The lowest BCUT2D eigenvalue weighted by molar-refractivity contribution is 0.00179. The summed E-state index contributed by atoms with van der Waals surface area (Å²) in [5.41, 5.74) is 8.87. The predicted molar refractivity (Wildman–Crippen MR) is 160 cm³/mol. The van der Waals surface area contributed by atoms with E-state index in [0.717, 1.165) is 23.4 Å². The molecular formula is C30H36F2N6O4S. The maximum Gasteiger partial charge on any atom is 0.149 e. The Labute approximate surface area is 249 Å². The summed E-state index contributed by atoms with van der Waals surface area (Å²) in [6, 6.07) is 7.18. The number of nitrogens with two attached hydrogens (primary N) is 1. The van der Waals surface area contributed by atoms with E-state index >= 15 is 8.78 Å². The number of sulfone groups is 1. The molecule has 1 saturated heterocycles. The van der Waals surface area contributed by atoms with Gasteiger partial charge < -0.3 is 20.1 Å². The van der Waals surface area contributed by atoms with E-state index in [4.69, 9.17) is 15.2 Å². The number of halogens is 2. The van der Waals surface area contributed by atoms with Crippen LogP contribution < -0.4 is 15.4 Å². The third-order valence-corrected chi connectivity index (χ3v) is 8.26. The molecule has 0 spiro atoms. The maximum atomic E-state index is 15.0. The zero-order valence-corrected chi connectivity index (χ0v) is 25.4. The molecule has 0 amide bonds. The van der Waals surface area contributed by atoms with E-state index in [0.29, 0.717) is 30.9 Å². The Balaban J connectivity index is 1.38. The van der Waals surface area contributed by atoms with Crippen molar-refractivity contribution in [2.24, 2.45) is 11.7 Å². The number of ether oxygens (including phenoxy) is 2. The van der Waals surface area contributed by atoms with Gasteiger partial charge in [0.05, 0.1) is 47.5 Å². The molecular weight excluding hydrogens is 578 g/mol. The molecule has 5 rings (SSSR count). The number of piperidine rings is 1. The molecule has 3 atom stereocenters. The van der Waals surface area contributed by atoms with Gasteiger partial charge in [-0.05, 0) is 32.0 Å². The highest BCUT2D eigenvalue weighted by atomic mass is 32.2. The first kappa shape index (κ1) is 30.8. The van der Waals surface area contributed by atoms with Gasteiger partial charge >= 0.3 is 0 Å². The van der Waals surface area contributed by atoms with Crippen LogP contribution in [0.15, 0.2) is 48.9 Å². The molecule has 0 radical (unpaired) electrons. The minimum Gasteiger partial charge on any atom is -0.491 e. The molecule has 1 aromatic carbocycles. The van der Waals surface area contributed by atoms with Crippen LogP contribution in [0.25, 0.3) is 16.8 Å². The highest BCUT2D eigenvalue weighted by molar-refractivity contribution is 7.90. The van der Waals surface area contributed by atoms with Crippen molar-refractivity contribution in [2.45, 2.75) is 45.4 Å². The van der Waals surface area contributed by atoms with Gasteiger partial charge in [0.15, 0.2) is 0 Å². The molecule has 1 fully saturated rings. The number of aromatic nitrogens is 4. The van der Waals surface area contributed by atoms with E-state index in [9.17, 15) is 8.42 Å². The maximum absolute atomic E-state index is 15.0. The second-order valence-electron chi connectivity index (χ2n) is 11.4. The SMILES string of the molecule is CC(C)Oc1cc(F)c(-c2ccc3cnc(Cc4cnccc4N4C[C@@H](N)[C@@H](OCCS(C)(=O)=O)[C@@H](C)C4)n3n2)c(F)c1. The molecule has 1 aliphatic heterocycles. The van der Waals surface area contributed by atoms with Crippen molar-refractivity contribution in [2.75, 3.05) is 36.6 Å². The number of nitrogens with zero attached hydrogens (tertiary/aromatic N) is 5. The summed E-state index contributed by atoms with van der Waals surface area (Å²) in [4.78, 5) is 11.0. The molecule has 0 bridgehead atoms. The molecule has 0 aliphatic carbocycles. The van der Waals surface area contributed by atoms with Crippen molar-refractivity contribution in [3.8, 4) is 17.0 Å². The summed E-state index contributed by atoms with van der Waals surface area (Å²) in [7, 11) is -3.13. The van der Waals surface area contributed by atoms with Gasteiger partial charge in [-0.2, -0.15) is 5.10 Å². The Morgan fingerprint density at radius 2 is 1.86 bits per heavy atom. The van der Waals surface area contributed by atoms with Gasteiger partial charge in [0.2, 0.25) is 0 Å². The highest BCUT2D eigenvalue weighted by Gasteiger charge is 2.34. The third kappa shape index (κ3) is 7.11. The van der Waals surface area contributed by atoms with Crippen LogP contribution in [0.4, 0.5) is 14.5 Å². The summed E-state index contributed by atoms with van der Waals surface area (Å²) in [6.07, 6.45) is 6.17. The zero-order valence-electron chi connectivity index (χ0n) is 24.6. The molecule has 3 aromatic heterocycles. The number of hydrogen-bond donors (Lipinski definition) is 1. The summed E-state index contributed by atoms with van der Waals surface area (Å²) in [5.74, 6) is -0.862. The summed E-state index contributed by atoms with van der Waals surface area (Å²) in [5, 5.41) is 4.56. The molecule has 10 nitrogen and oxygen atoms in total. The van der Waals surface area contributed by atoms with Crippen molar-refractivity contribution in [1.29, 1.82) is 0 Å². The summed E-state index contributed by atoms with van der Waals surface area (Å²) in [6.45, 7) is 6.85. The third-order valence-electron chi connectivity index (χ3n) is 7.35. The van der Waals surface area contributed by atoms with Gasteiger partial charge in [0.25, 0.3) is 0 Å². The van der Waals surface area contributed by atoms with Crippen molar-refractivity contribution in [3.05, 3.63) is 71.9 Å². The molecule has 1 aliphatic rings. The minimum atomic E-state index is -3.13. The van der Waals surface area contributed by atoms with E-state index in [1.165, 1.54) is 6.26 Å². The van der Waals surface area contributed by atoms with Crippen LogP contribution in [0.1, 0.15) is 32.2 Å². The van der Waals surface area contributed by atoms with E-state index in [1.54, 1.807) is 49.1 Å². The Kier molecular flexibility index (Phi) is 8.95. The van der Waals surface area contributed by atoms with Crippen LogP contribution in [0.2, 0.25) is 0 Å². The standard InChI is InChI=1S/C30H36F2N6O4S/c1-18(2)42-22-12-23(31)29(24(32)13-22)26-6-5-21-15-35-28(38(21)36-26)11-20-14-34-8-7-27(20)37-16-19(3)30(25(33)17-37)41-9-10-43(4,39)40/h5-8,12-15,18-19,25,30H,9-11,16-17,33H2,1-4H3/t19-,25+,30-/m0/s1. The van der Waals surface area contributed by atoms with Crippen molar-refractivity contribution < 1.29 is 26.7 Å². The van der Waals surface area contributed by atoms with E-state index in [2.05, 4.69) is 20.0 Å². The van der Waals surface area contributed by atoms with E-state index < -0.39 is 21.5 Å². The van der Waals surface area contributed by atoms with Crippen LogP contribution >= 0.6 is 0 Å². The van der Waals surface area contributed by atoms with Crippen LogP contribution in [0.3, 0.4) is 0 Å². The van der Waals surface area contributed by atoms with Crippen molar-refractivity contribution in [1.82, 2.24) is 19.6 Å². The van der Waals surface area contributed by atoms with E-state index in [1.807, 2.05) is 13.0 Å². The topological polar surface area (TPSA) is 125 Å². The summed E-state index contributed by atoms with van der Waals surface area (Å²) >= 11 is 0. The second-order valence-corrected chi connectivity index (χ2v) is 13.6. The smallest absolute Gasteiger partial charge is 0.149 e. The zero-order chi connectivity index (χ0) is 30.9. The summed E-state index contributed by atoms with van der Waals surface area (Å²) < 4.78 is 66.1. The van der Waals surface area contributed by atoms with Gasteiger partial charge in [0.1, 0.15) is 33.0 Å². The fourth-order valence-electron chi connectivity index (χ4n) is 5.48. The Hall–Kier alpha value is -3.68. The van der Waals surface area contributed by atoms with Crippen LogP contribution in [0.5, 0.6) is 5.75 Å². The normalized spacial score (nSPS) is 19.3. The average Bonchev–Trinajstić information content (AvgIpc) is 3.31. The Morgan fingerprint density at radius 3 is 2.53 bits per heavy atom. The van der Waals surface area contributed by atoms with Gasteiger partial charge in [-0.1, -0.05) is 6.92 Å². The first-order valence-electron chi connectivity index (χ1n) is 14.1. The van der Waals surface area contributed by atoms with Gasteiger partial charge in [-0.3, -0.25) is 4.98 Å². The van der Waals surface area contributed by atoms with Crippen LogP contribution in [-0.4, -0.2) is 78.0 Å². The number of rotatable bonds is 10. The van der Waals surface area contributed by atoms with Crippen molar-refractivity contribution >= 4 is 21.0 Å². The Morgan fingerprint density at radius 1 is 1.12 bits per heavy atom. The highest BCUT2D eigenvalue weighted by Crippen LogP contribution is 2.31. The van der Waals surface area contributed by atoms with Gasteiger partial charge in [-0.25, -0.2) is 26.7 Å². The van der Waals surface area contributed by atoms with Gasteiger partial charge in [0, 0.05) is 73.5 Å². The first-order chi connectivity index (χ1) is 20.4. The number of hydrogen-bond acceptors (Lipinski definition) is 9. The van der Waals surface area contributed by atoms with Crippen LogP contribution in [0, 0.1) is 17.6 Å². The molecule has 0 saturated carbocycles. The van der Waals surface area contributed by atoms with Crippen LogP contribution in [-0.2, 0) is 21.0 Å². The lowest BCUT2D eigenvalue weighted by atomic mass is 9.91. The first-order valence-corrected chi connectivity index (χ1v) is 16.2. The number of anilines is 1. The van der Waals surface area contributed by atoms with E-state index in [-0.39, 0.29) is 53.5 Å². The fraction of sp³-hybridized carbons (Fsp3) is 0.433. The number of benzene rings is 1. The molecule has 0 unspecified atom stereocenters. The van der Waals surface area contributed by atoms with Crippen molar-refractivity contribution in [3.63, 3.8) is 0 Å². The monoisotopic (exact) mass is 614 g/mol. The molecule has 4 aromatic rings. The molecule has 2 N–H and O–H groups in total. The predicted octanol–water partition coefficient (Wildman–Crippen LogP) is 3.66. The largest absolute Gasteiger partial charge is 0.491 e. The lowest BCUT2D eigenvalue weighted by Gasteiger charge is -2.42. The van der Waals surface area contributed by atoms with Gasteiger partial charge in [-0.15, -0.1) is 0 Å².